The van der Waals surface area contributed by atoms with E-state index in [1.807, 2.05) is 30.3 Å². The van der Waals surface area contributed by atoms with Crippen molar-refractivity contribution in [3.8, 4) is 33.6 Å². The van der Waals surface area contributed by atoms with Crippen LogP contribution in [0.25, 0.3) is 39.3 Å². The van der Waals surface area contributed by atoms with E-state index in [0.29, 0.717) is 12.0 Å². The van der Waals surface area contributed by atoms with Gasteiger partial charge in [-0.15, -0.1) is 0 Å². The van der Waals surface area contributed by atoms with Gasteiger partial charge in [-0.05, 0) is 66.4 Å². The maximum absolute atomic E-state index is 14.7. The minimum Gasteiger partial charge on any atom is -0.204 e. The number of nitrogens with zero attached hydrogens (tertiary/aromatic N) is 2. The molecule has 7 rings (SSSR count). The molecule has 0 spiro atoms. The smallest absolute Gasteiger partial charge is 0.204 e. The Morgan fingerprint density at radius 1 is 0.711 bits per heavy atom. The van der Waals surface area contributed by atoms with Gasteiger partial charge < -0.3 is 0 Å². The topological polar surface area (TPSA) is 7.76 Å². The van der Waals surface area contributed by atoms with Crippen molar-refractivity contribution in [3.63, 3.8) is 0 Å². The van der Waals surface area contributed by atoms with Crippen LogP contribution in [0.1, 0.15) is 29.5 Å². The fourth-order valence-electron chi connectivity index (χ4n) is 6.30. The molecule has 2 aliphatic heterocycles. The minimum absolute atomic E-state index is 0.0696. The highest BCUT2D eigenvalue weighted by molar-refractivity contribution is 5.69. The Kier molecular flexibility index (Phi) is 5.29. The van der Waals surface area contributed by atoms with E-state index in [9.17, 15) is 8.78 Å². The normalized spacial score (nSPS) is 17.6. The van der Waals surface area contributed by atoms with Gasteiger partial charge in [-0.3, -0.25) is 0 Å². The van der Waals surface area contributed by atoms with E-state index in [4.69, 9.17) is 0 Å². The van der Waals surface area contributed by atoms with Crippen LogP contribution >= 0.6 is 0 Å². The molecule has 184 valence electrons. The highest BCUT2D eigenvalue weighted by atomic mass is 19.2. The number of pyridine rings is 2. The summed E-state index contributed by atoms with van der Waals surface area (Å²) >= 11 is 0. The van der Waals surface area contributed by atoms with Crippen molar-refractivity contribution in [1.29, 1.82) is 0 Å². The lowest BCUT2D eigenvalue weighted by atomic mass is 9.78. The molecule has 5 aromatic rings. The second-order valence-electron chi connectivity index (χ2n) is 10.1. The predicted octanol–water partition coefficient (Wildman–Crippen LogP) is 7.30. The third kappa shape index (κ3) is 3.52. The van der Waals surface area contributed by atoms with Gasteiger partial charge in [-0.25, -0.2) is 8.78 Å². The first kappa shape index (κ1) is 22.7. The molecule has 2 atom stereocenters. The van der Waals surface area contributed by atoms with Crippen LogP contribution in [0.5, 0.6) is 0 Å². The Hall–Kier alpha value is -4.44. The summed E-state index contributed by atoms with van der Waals surface area (Å²) in [6.45, 7) is 4.68. The number of aromatic nitrogens is 2. The third-order valence-electron chi connectivity index (χ3n) is 8.06. The molecule has 2 aromatic heterocycles. The number of benzene rings is 3. The molecular weight excluding hydrogens is 474 g/mol. The average molecular weight is 501 g/mol. The SMILES string of the molecule is C=C1C2C(CCc3cc(F)c(F)cc3-c3ccc(-c4ccccc4)c[n+]31)c1ccccc1-c1cccc[n+]12. The van der Waals surface area contributed by atoms with Crippen LogP contribution in [0.3, 0.4) is 0 Å². The van der Waals surface area contributed by atoms with Crippen LogP contribution < -0.4 is 9.13 Å². The second kappa shape index (κ2) is 8.84. The van der Waals surface area contributed by atoms with Crippen LogP contribution in [0.15, 0.2) is 116 Å². The summed E-state index contributed by atoms with van der Waals surface area (Å²) in [7, 11) is 0. The summed E-state index contributed by atoms with van der Waals surface area (Å²) in [4.78, 5) is 0. The molecule has 2 unspecified atom stereocenters. The molecule has 0 radical (unpaired) electrons. The predicted molar refractivity (Wildman–Crippen MR) is 145 cm³/mol. The monoisotopic (exact) mass is 500 g/mol. The first-order valence-corrected chi connectivity index (χ1v) is 13.0. The Balaban J connectivity index is 1.52. The van der Waals surface area contributed by atoms with Gasteiger partial charge in [0, 0.05) is 29.3 Å². The molecule has 2 nitrogen and oxygen atoms in total. The van der Waals surface area contributed by atoms with Crippen LogP contribution in [-0.4, -0.2) is 0 Å². The molecule has 38 heavy (non-hydrogen) atoms. The lowest BCUT2D eigenvalue weighted by molar-refractivity contribution is -0.727. The number of hydrogen-bond donors (Lipinski definition) is 0. The summed E-state index contributed by atoms with van der Waals surface area (Å²) < 4.78 is 33.6. The first-order chi connectivity index (χ1) is 18.6. The first-order valence-electron chi connectivity index (χ1n) is 13.0. The Labute approximate surface area is 220 Å². The van der Waals surface area contributed by atoms with E-state index >= 15 is 0 Å². The molecule has 0 amide bonds. The Morgan fingerprint density at radius 2 is 1.47 bits per heavy atom. The number of fused-ring (bicyclic) bond motifs is 9. The molecule has 0 bridgehead atoms. The lowest BCUT2D eigenvalue weighted by Crippen LogP contribution is -2.53. The molecule has 0 fully saturated rings. The van der Waals surface area contributed by atoms with Gasteiger partial charge in [0.15, 0.2) is 24.0 Å². The summed E-state index contributed by atoms with van der Waals surface area (Å²) in [6.07, 6.45) is 5.61. The van der Waals surface area contributed by atoms with E-state index in [2.05, 4.69) is 82.7 Å². The molecule has 0 saturated heterocycles. The van der Waals surface area contributed by atoms with Crippen molar-refractivity contribution >= 4 is 5.70 Å². The number of rotatable bonds is 1. The summed E-state index contributed by atoms with van der Waals surface area (Å²) in [5, 5.41) is 0. The number of hydrogen-bond acceptors (Lipinski definition) is 0. The Bertz CT molecular complexity index is 1720. The van der Waals surface area contributed by atoms with E-state index in [0.717, 1.165) is 40.2 Å². The molecule has 2 aliphatic rings. The highest BCUT2D eigenvalue weighted by Crippen LogP contribution is 2.45. The number of halogens is 2. The summed E-state index contributed by atoms with van der Waals surface area (Å²) in [5.41, 5.74) is 8.93. The molecule has 3 aromatic carbocycles. The van der Waals surface area contributed by atoms with E-state index in [1.165, 1.54) is 23.3 Å². The van der Waals surface area contributed by atoms with Crippen molar-refractivity contribution in [2.24, 2.45) is 0 Å². The standard InChI is InChI=1S/C34H26F2N2/c1-22-34-28(26-11-5-6-12-27(26)32-13-7-8-18-37(32)34)16-14-24-19-30(35)31(36)20-29(24)33-17-15-25(21-38(22)33)23-9-3-2-4-10-23/h2-13,15,17-21,28,34H,1,14,16H2/q+2. The third-order valence-corrected chi connectivity index (χ3v) is 8.06. The zero-order chi connectivity index (χ0) is 25.8. The quantitative estimate of drug-likeness (QED) is 0.214. The van der Waals surface area contributed by atoms with Crippen molar-refractivity contribution in [1.82, 2.24) is 0 Å². The number of allylic oxidation sites excluding steroid dienone is 1. The van der Waals surface area contributed by atoms with Gasteiger partial charge in [0.05, 0.1) is 11.5 Å². The van der Waals surface area contributed by atoms with Gasteiger partial charge in [0.2, 0.25) is 23.1 Å². The van der Waals surface area contributed by atoms with Crippen molar-refractivity contribution < 1.29 is 17.9 Å². The second-order valence-corrected chi connectivity index (χ2v) is 10.1. The number of aryl methyl sites for hydroxylation is 1. The van der Waals surface area contributed by atoms with Crippen LogP contribution in [0.4, 0.5) is 8.78 Å². The van der Waals surface area contributed by atoms with Gasteiger partial charge in [-0.2, -0.15) is 9.13 Å². The molecule has 0 N–H and O–H groups in total. The van der Waals surface area contributed by atoms with E-state index in [1.54, 1.807) is 0 Å². The largest absolute Gasteiger partial charge is 0.249 e. The van der Waals surface area contributed by atoms with Gasteiger partial charge >= 0.3 is 0 Å². The minimum atomic E-state index is -0.838. The lowest BCUT2D eigenvalue weighted by Gasteiger charge is -2.29. The summed E-state index contributed by atoms with van der Waals surface area (Å²) in [6, 6.07) is 31.7. The zero-order valence-corrected chi connectivity index (χ0v) is 20.8. The van der Waals surface area contributed by atoms with Crippen molar-refractivity contribution in [2.75, 3.05) is 0 Å². The molecule has 0 saturated carbocycles. The molecule has 4 heteroatoms. The maximum Gasteiger partial charge on any atom is 0.249 e. The van der Waals surface area contributed by atoms with Crippen molar-refractivity contribution in [2.45, 2.75) is 24.8 Å². The van der Waals surface area contributed by atoms with E-state index in [-0.39, 0.29) is 12.0 Å². The zero-order valence-electron chi connectivity index (χ0n) is 20.8. The molecule has 4 heterocycles. The summed E-state index contributed by atoms with van der Waals surface area (Å²) in [5.74, 6) is -1.54. The van der Waals surface area contributed by atoms with Crippen LogP contribution in [-0.2, 0) is 6.42 Å². The van der Waals surface area contributed by atoms with E-state index < -0.39 is 11.6 Å². The average Bonchev–Trinajstić information content (AvgIpc) is 3.01. The van der Waals surface area contributed by atoms with Gasteiger partial charge in [0.25, 0.3) is 0 Å². The molecule has 0 aliphatic carbocycles. The highest BCUT2D eigenvalue weighted by Gasteiger charge is 2.46. The Morgan fingerprint density at radius 3 is 2.34 bits per heavy atom. The van der Waals surface area contributed by atoms with Crippen LogP contribution in [0, 0.1) is 11.6 Å². The van der Waals surface area contributed by atoms with Crippen molar-refractivity contribution in [3.05, 3.63) is 139 Å². The fraction of sp³-hybridized carbons (Fsp3) is 0.118. The van der Waals surface area contributed by atoms with Crippen LogP contribution in [0.2, 0.25) is 0 Å². The maximum atomic E-state index is 14.7. The fourth-order valence-corrected chi connectivity index (χ4v) is 6.30. The molecular formula is C34H26F2N2+2. The van der Waals surface area contributed by atoms with Gasteiger partial charge in [0.1, 0.15) is 0 Å². The van der Waals surface area contributed by atoms with Gasteiger partial charge in [-0.1, -0.05) is 48.5 Å².